The molecule has 21 heavy (non-hydrogen) atoms. The average Bonchev–Trinajstić information content (AvgIpc) is 3.20. The average molecular weight is 309 g/mol. The number of halogens is 1. The molecular weight excluding hydrogens is 288 g/mol. The highest BCUT2D eigenvalue weighted by atomic mass is 35.5. The van der Waals surface area contributed by atoms with Crippen LogP contribution in [0.4, 0.5) is 11.5 Å². The Kier molecular flexibility index (Phi) is 3.48. The SMILES string of the molecule is C[C@H]1CN(C(=O)C2(C)CC2)CCN1c1cc(N)c(Cl)cn1. The molecule has 1 aliphatic heterocycles. The first-order valence-electron chi connectivity index (χ1n) is 7.38. The molecule has 5 nitrogen and oxygen atoms in total. The van der Waals surface area contributed by atoms with Crippen molar-refractivity contribution < 1.29 is 4.79 Å². The van der Waals surface area contributed by atoms with E-state index in [4.69, 9.17) is 17.3 Å². The van der Waals surface area contributed by atoms with Gasteiger partial charge in [0.2, 0.25) is 5.91 Å². The summed E-state index contributed by atoms with van der Waals surface area (Å²) in [5.41, 5.74) is 6.30. The molecule has 1 aromatic rings. The molecule has 1 saturated carbocycles. The molecule has 6 heteroatoms. The monoisotopic (exact) mass is 308 g/mol. The highest BCUT2D eigenvalue weighted by Crippen LogP contribution is 2.46. The second-order valence-corrected chi connectivity index (χ2v) is 6.83. The summed E-state index contributed by atoms with van der Waals surface area (Å²) >= 11 is 5.92. The summed E-state index contributed by atoms with van der Waals surface area (Å²) in [7, 11) is 0. The number of carbonyl (C=O) groups is 1. The normalized spacial score (nSPS) is 24.0. The van der Waals surface area contributed by atoms with Crippen LogP contribution in [0.3, 0.4) is 0 Å². The second kappa shape index (κ2) is 5.05. The molecule has 0 spiro atoms. The molecule has 1 aromatic heterocycles. The number of anilines is 2. The van der Waals surface area contributed by atoms with Gasteiger partial charge in [0.25, 0.3) is 0 Å². The molecule has 1 saturated heterocycles. The third kappa shape index (κ3) is 2.67. The minimum atomic E-state index is -0.0924. The van der Waals surface area contributed by atoms with E-state index in [9.17, 15) is 4.79 Å². The van der Waals surface area contributed by atoms with Crippen LogP contribution in [0.15, 0.2) is 12.3 Å². The standard InChI is InChI=1S/C15H21ClN4O/c1-10-9-19(14(21)15(2)3-4-15)5-6-20(10)13-7-12(17)11(16)8-18-13/h7-8,10H,3-6,9H2,1-2H3,(H2,17,18)/t10-/m0/s1. The van der Waals surface area contributed by atoms with E-state index in [2.05, 4.69) is 23.7 Å². The molecule has 0 aromatic carbocycles. The van der Waals surface area contributed by atoms with Crippen LogP contribution in [0.1, 0.15) is 26.7 Å². The minimum Gasteiger partial charge on any atom is -0.397 e. The lowest BCUT2D eigenvalue weighted by Gasteiger charge is -2.41. The second-order valence-electron chi connectivity index (χ2n) is 6.42. The molecule has 114 valence electrons. The van der Waals surface area contributed by atoms with E-state index < -0.39 is 0 Å². The summed E-state index contributed by atoms with van der Waals surface area (Å²) in [6.07, 6.45) is 3.63. The maximum atomic E-state index is 12.4. The number of hydrogen-bond donors (Lipinski definition) is 1. The molecule has 2 N–H and O–H groups in total. The van der Waals surface area contributed by atoms with Gasteiger partial charge in [-0.2, -0.15) is 0 Å². The zero-order chi connectivity index (χ0) is 15.2. The van der Waals surface area contributed by atoms with Crippen molar-refractivity contribution in [3.05, 3.63) is 17.3 Å². The van der Waals surface area contributed by atoms with Crippen LogP contribution in [-0.2, 0) is 4.79 Å². The minimum absolute atomic E-state index is 0.0924. The van der Waals surface area contributed by atoms with Gasteiger partial charge >= 0.3 is 0 Å². The predicted octanol–water partition coefficient (Wildman–Crippen LogP) is 2.15. The molecule has 1 atom stereocenters. The molecule has 0 radical (unpaired) electrons. The van der Waals surface area contributed by atoms with Gasteiger partial charge in [-0.05, 0) is 19.8 Å². The van der Waals surface area contributed by atoms with Crippen molar-refractivity contribution in [3.8, 4) is 0 Å². The number of rotatable bonds is 2. The summed E-state index contributed by atoms with van der Waals surface area (Å²) in [4.78, 5) is 21.0. The Morgan fingerprint density at radius 3 is 2.76 bits per heavy atom. The van der Waals surface area contributed by atoms with Crippen molar-refractivity contribution in [2.24, 2.45) is 5.41 Å². The van der Waals surface area contributed by atoms with E-state index in [0.29, 0.717) is 16.6 Å². The number of nitrogen functional groups attached to an aromatic ring is 1. The number of pyridine rings is 1. The highest BCUT2D eigenvalue weighted by molar-refractivity contribution is 6.32. The Hall–Kier alpha value is -1.49. The number of aromatic nitrogens is 1. The van der Waals surface area contributed by atoms with E-state index >= 15 is 0 Å². The first-order chi connectivity index (χ1) is 9.90. The van der Waals surface area contributed by atoms with Crippen molar-refractivity contribution >= 4 is 29.0 Å². The highest BCUT2D eigenvalue weighted by Gasteiger charge is 2.47. The van der Waals surface area contributed by atoms with Gasteiger partial charge in [0.05, 0.1) is 10.7 Å². The summed E-state index contributed by atoms with van der Waals surface area (Å²) in [6.45, 7) is 6.42. The fourth-order valence-electron chi connectivity index (χ4n) is 2.87. The Morgan fingerprint density at radius 1 is 1.48 bits per heavy atom. The van der Waals surface area contributed by atoms with Gasteiger partial charge in [-0.3, -0.25) is 4.79 Å². The Bertz CT molecular complexity index is 573. The maximum absolute atomic E-state index is 12.4. The van der Waals surface area contributed by atoms with Crippen molar-refractivity contribution in [1.82, 2.24) is 9.88 Å². The topological polar surface area (TPSA) is 62.5 Å². The van der Waals surface area contributed by atoms with E-state index in [1.807, 2.05) is 4.90 Å². The number of amides is 1. The molecule has 2 heterocycles. The lowest BCUT2D eigenvalue weighted by atomic mass is 10.1. The van der Waals surface area contributed by atoms with E-state index in [0.717, 1.165) is 38.3 Å². The van der Waals surface area contributed by atoms with Crippen molar-refractivity contribution in [3.63, 3.8) is 0 Å². The van der Waals surface area contributed by atoms with Crippen LogP contribution in [0.5, 0.6) is 0 Å². The van der Waals surface area contributed by atoms with Gasteiger partial charge < -0.3 is 15.5 Å². The summed E-state index contributed by atoms with van der Waals surface area (Å²) in [5, 5.41) is 0.474. The van der Waals surface area contributed by atoms with Crippen LogP contribution >= 0.6 is 11.6 Å². The van der Waals surface area contributed by atoms with Gasteiger partial charge in [0.1, 0.15) is 5.82 Å². The van der Waals surface area contributed by atoms with Crippen LogP contribution in [0.25, 0.3) is 0 Å². The number of carbonyl (C=O) groups excluding carboxylic acids is 1. The first-order valence-corrected chi connectivity index (χ1v) is 7.75. The van der Waals surface area contributed by atoms with Gasteiger partial charge in [0.15, 0.2) is 0 Å². The molecule has 1 amide bonds. The van der Waals surface area contributed by atoms with Crippen molar-refractivity contribution in [1.29, 1.82) is 0 Å². The van der Waals surface area contributed by atoms with E-state index in [1.54, 1.807) is 12.3 Å². The number of hydrogen-bond acceptors (Lipinski definition) is 4. The van der Waals surface area contributed by atoms with E-state index in [-0.39, 0.29) is 11.5 Å². The predicted molar refractivity (Wildman–Crippen MR) is 84.4 cm³/mol. The number of nitrogens with two attached hydrogens (primary N) is 1. The summed E-state index contributed by atoms with van der Waals surface area (Å²) in [6, 6.07) is 2.02. The summed E-state index contributed by atoms with van der Waals surface area (Å²) < 4.78 is 0. The fourth-order valence-corrected chi connectivity index (χ4v) is 2.97. The zero-order valence-corrected chi connectivity index (χ0v) is 13.2. The lowest BCUT2D eigenvalue weighted by molar-refractivity contribution is -0.137. The fraction of sp³-hybridized carbons (Fsp3) is 0.600. The first kappa shape index (κ1) is 14.4. The van der Waals surface area contributed by atoms with Crippen molar-refractivity contribution in [2.45, 2.75) is 32.7 Å². The molecule has 3 rings (SSSR count). The lowest BCUT2D eigenvalue weighted by Crippen LogP contribution is -2.55. The third-order valence-electron chi connectivity index (χ3n) is 4.60. The van der Waals surface area contributed by atoms with Gasteiger partial charge in [-0.1, -0.05) is 18.5 Å². The van der Waals surface area contributed by atoms with Crippen molar-refractivity contribution in [2.75, 3.05) is 30.3 Å². The molecule has 0 unspecified atom stereocenters. The Balaban J connectivity index is 1.71. The number of piperazine rings is 1. The van der Waals surface area contributed by atoms with Crippen LogP contribution < -0.4 is 10.6 Å². The quantitative estimate of drug-likeness (QED) is 0.909. The maximum Gasteiger partial charge on any atom is 0.228 e. The largest absolute Gasteiger partial charge is 0.397 e. The van der Waals surface area contributed by atoms with Crippen LogP contribution in [0, 0.1) is 5.41 Å². The van der Waals surface area contributed by atoms with Gasteiger partial charge in [-0.25, -0.2) is 4.98 Å². The molecule has 0 bridgehead atoms. The van der Waals surface area contributed by atoms with Gasteiger partial charge in [0, 0.05) is 43.4 Å². The van der Waals surface area contributed by atoms with Gasteiger partial charge in [-0.15, -0.1) is 0 Å². The number of nitrogens with zero attached hydrogens (tertiary/aromatic N) is 3. The smallest absolute Gasteiger partial charge is 0.228 e. The Morgan fingerprint density at radius 2 is 2.19 bits per heavy atom. The molecule has 1 aliphatic carbocycles. The molecular formula is C15H21ClN4O. The zero-order valence-electron chi connectivity index (χ0n) is 12.5. The third-order valence-corrected chi connectivity index (χ3v) is 4.91. The molecule has 2 aliphatic rings. The summed E-state index contributed by atoms with van der Waals surface area (Å²) in [5.74, 6) is 1.13. The molecule has 2 fully saturated rings. The van der Waals surface area contributed by atoms with Crippen LogP contribution in [0.2, 0.25) is 5.02 Å². The Labute approximate surface area is 130 Å². The van der Waals surface area contributed by atoms with Crippen LogP contribution in [-0.4, -0.2) is 41.5 Å². The van der Waals surface area contributed by atoms with E-state index in [1.165, 1.54) is 0 Å².